The lowest BCUT2D eigenvalue weighted by molar-refractivity contribution is -0.377. The SMILES string of the molecule is N#Cc1c(N)[nH+]c2c(c1N)C[C@H](CO)O2. The predicted molar refractivity (Wildman–Crippen MR) is 51.7 cm³/mol. The van der Waals surface area contributed by atoms with E-state index in [0.717, 1.165) is 0 Å². The van der Waals surface area contributed by atoms with Crippen molar-refractivity contribution in [3.05, 3.63) is 11.1 Å². The van der Waals surface area contributed by atoms with Gasteiger partial charge in [0.1, 0.15) is 12.2 Å². The highest BCUT2D eigenvalue weighted by atomic mass is 16.5. The Bertz CT molecular complexity index is 452. The summed E-state index contributed by atoms with van der Waals surface area (Å²) in [6, 6.07) is 1.93. The number of nitrogen functional groups attached to an aromatic ring is 2. The highest BCUT2D eigenvalue weighted by molar-refractivity contribution is 5.68. The van der Waals surface area contributed by atoms with E-state index in [9.17, 15) is 0 Å². The number of aromatic amines is 1. The molecule has 0 saturated carbocycles. The molecule has 1 atom stereocenters. The van der Waals surface area contributed by atoms with Crippen LogP contribution in [0.4, 0.5) is 11.5 Å². The van der Waals surface area contributed by atoms with Crippen LogP contribution in [-0.4, -0.2) is 17.8 Å². The summed E-state index contributed by atoms with van der Waals surface area (Å²) >= 11 is 0. The molecule has 0 aromatic carbocycles. The number of anilines is 2. The first-order valence-corrected chi connectivity index (χ1v) is 4.48. The second-order valence-electron chi connectivity index (χ2n) is 3.37. The van der Waals surface area contributed by atoms with Crippen LogP contribution in [0.3, 0.4) is 0 Å². The van der Waals surface area contributed by atoms with Gasteiger partial charge in [0.25, 0.3) is 11.7 Å². The molecule has 1 aliphatic rings. The third-order valence-electron chi connectivity index (χ3n) is 2.42. The molecular weight excluding hydrogens is 196 g/mol. The normalized spacial score (nSPS) is 18.0. The van der Waals surface area contributed by atoms with E-state index < -0.39 is 0 Å². The number of aliphatic hydroxyl groups excluding tert-OH is 1. The van der Waals surface area contributed by atoms with Gasteiger partial charge in [0, 0.05) is 6.42 Å². The Morgan fingerprint density at radius 2 is 2.33 bits per heavy atom. The van der Waals surface area contributed by atoms with Crippen LogP contribution in [0.25, 0.3) is 0 Å². The number of aliphatic hydroxyl groups is 1. The maximum Gasteiger partial charge on any atom is 0.293 e. The number of nitriles is 1. The van der Waals surface area contributed by atoms with Crippen LogP contribution in [0.5, 0.6) is 5.88 Å². The standard InChI is InChI=1S/C9H10N4O2/c10-2-6-7(11)5-1-4(3-14)15-9(5)13-8(6)12/h4,14H,1,3H2,(H4,11,12,13)/p+1/t4-/m1/s1. The van der Waals surface area contributed by atoms with Crippen LogP contribution >= 0.6 is 0 Å². The molecule has 1 aliphatic heterocycles. The average molecular weight is 207 g/mol. The van der Waals surface area contributed by atoms with Crippen molar-refractivity contribution in [2.45, 2.75) is 12.5 Å². The first-order chi connectivity index (χ1) is 7.17. The third kappa shape index (κ3) is 1.33. The molecule has 0 fully saturated rings. The van der Waals surface area contributed by atoms with Crippen molar-refractivity contribution in [3.8, 4) is 11.9 Å². The van der Waals surface area contributed by atoms with Crippen LogP contribution in [-0.2, 0) is 6.42 Å². The molecule has 0 saturated heterocycles. The molecular formula is C9H11N4O2+. The average Bonchev–Trinajstić information content (AvgIpc) is 2.61. The number of pyridine rings is 1. The fourth-order valence-corrected chi connectivity index (χ4v) is 1.64. The zero-order valence-corrected chi connectivity index (χ0v) is 7.95. The van der Waals surface area contributed by atoms with E-state index in [0.29, 0.717) is 23.6 Å². The van der Waals surface area contributed by atoms with Gasteiger partial charge < -0.3 is 15.6 Å². The van der Waals surface area contributed by atoms with Gasteiger partial charge >= 0.3 is 0 Å². The van der Waals surface area contributed by atoms with Crippen molar-refractivity contribution in [2.24, 2.45) is 0 Å². The molecule has 2 heterocycles. The fraction of sp³-hybridized carbons (Fsp3) is 0.333. The van der Waals surface area contributed by atoms with Gasteiger partial charge in [-0.1, -0.05) is 0 Å². The zero-order chi connectivity index (χ0) is 11.0. The molecule has 0 spiro atoms. The number of H-pyrrole nitrogens is 1. The smallest absolute Gasteiger partial charge is 0.293 e. The van der Waals surface area contributed by atoms with E-state index in [2.05, 4.69) is 4.98 Å². The van der Waals surface area contributed by atoms with Gasteiger partial charge in [-0.3, -0.25) is 5.73 Å². The molecule has 0 amide bonds. The third-order valence-corrected chi connectivity index (χ3v) is 2.42. The van der Waals surface area contributed by atoms with Gasteiger partial charge in [0.05, 0.1) is 17.9 Å². The molecule has 6 nitrogen and oxygen atoms in total. The Morgan fingerprint density at radius 1 is 1.60 bits per heavy atom. The Hall–Kier alpha value is -2.00. The summed E-state index contributed by atoms with van der Waals surface area (Å²) in [7, 11) is 0. The fourth-order valence-electron chi connectivity index (χ4n) is 1.64. The van der Waals surface area contributed by atoms with Crippen LogP contribution in [0.2, 0.25) is 0 Å². The molecule has 1 aromatic heterocycles. The summed E-state index contributed by atoms with van der Waals surface area (Å²) in [6.45, 7) is -0.0935. The number of fused-ring (bicyclic) bond motifs is 1. The summed E-state index contributed by atoms with van der Waals surface area (Å²) in [5.74, 6) is 0.635. The van der Waals surface area contributed by atoms with Gasteiger partial charge in [0.15, 0.2) is 5.56 Å². The van der Waals surface area contributed by atoms with E-state index in [1.54, 1.807) is 0 Å². The summed E-state index contributed by atoms with van der Waals surface area (Å²) in [5.41, 5.74) is 12.6. The van der Waals surface area contributed by atoms with Crippen LogP contribution < -0.4 is 21.2 Å². The lowest BCUT2D eigenvalue weighted by Crippen LogP contribution is -2.20. The number of aromatic nitrogens is 1. The monoisotopic (exact) mass is 207 g/mol. The van der Waals surface area contributed by atoms with E-state index in [4.69, 9.17) is 26.6 Å². The molecule has 0 radical (unpaired) electrons. The molecule has 6 N–H and O–H groups in total. The van der Waals surface area contributed by atoms with Gasteiger partial charge in [-0.15, -0.1) is 0 Å². The van der Waals surface area contributed by atoms with E-state index >= 15 is 0 Å². The number of rotatable bonds is 1. The number of nitrogens with zero attached hydrogens (tertiary/aromatic N) is 1. The Kier molecular flexibility index (Phi) is 2.10. The summed E-state index contributed by atoms with van der Waals surface area (Å²) < 4.78 is 5.34. The molecule has 1 aromatic rings. The molecule has 6 heteroatoms. The number of hydrogen-bond donors (Lipinski definition) is 3. The van der Waals surface area contributed by atoms with E-state index in [1.807, 2.05) is 6.07 Å². The lowest BCUT2D eigenvalue weighted by Gasteiger charge is -2.03. The summed E-state index contributed by atoms with van der Waals surface area (Å²) in [4.78, 5) is 2.75. The minimum Gasteiger partial charge on any atom is -0.456 e. The van der Waals surface area contributed by atoms with E-state index in [1.165, 1.54) is 0 Å². The van der Waals surface area contributed by atoms with Crippen molar-refractivity contribution >= 4 is 11.5 Å². The van der Waals surface area contributed by atoms with Gasteiger partial charge in [0.2, 0.25) is 0 Å². The lowest BCUT2D eigenvalue weighted by atomic mass is 10.1. The van der Waals surface area contributed by atoms with Crippen LogP contribution in [0, 0.1) is 11.3 Å². The topological polar surface area (TPSA) is 119 Å². The highest BCUT2D eigenvalue weighted by Crippen LogP contribution is 2.32. The van der Waals surface area contributed by atoms with Crippen molar-refractivity contribution in [1.29, 1.82) is 5.26 Å². The largest absolute Gasteiger partial charge is 0.456 e. The number of nitrogens with two attached hydrogens (primary N) is 2. The Balaban J connectivity index is 2.53. The maximum atomic E-state index is 8.95. The van der Waals surface area contributed by atoms with Gasteiger partial charge in [-0.2, -0.15) is 5.26 Å². The Labute approximate surface area is 86.1 Å². The summed E-state index contributed by atoms with van der Waals surface area (Å²) in [6.07, 6.45) is 0.176. The van der Waals surface area contributed by atoms with Crippen molar-refractivity contribution in [1.82, 2.24) is 0 Å². The quantitative estimate of drug-likeness (QED) is 0.536. The van der Waals surface area contributed by atoms with Crippen LogP contribution in [0.15, 0.2) is 0 Å². The first kappa shape index (κ1) is 9.55. The molecule has 0 bridgehead atoms. The predicted octanol–water partition coefficient (Wildman–Crippen LogP) is -1.17. The first-order valence-electron chi connectivity index (χ1n) is 4.48. The summed E-state index contributed by atoms with van der Waals surface area (Å²) in [5, 5.41) is 17.8. The number of nitrogens with one attached hydrogen (secondary N) is 1. The van der Waals surface area contributed by atoms with Crippen LogP contribution in [0.1, 0.15) is 11.1 Å². The number of hydrogen-bond acceptors (Lipinski definition) is 5. The van der Waals surface area contributed by atoms with Gasteiger partial charge in [-0.05, 0) is 0 Å². The Morgan fingerprint density at radius 3 is 2.93 bits per heavy atom. The van der Waals surface area contributed by atoms with E-state index in [-0.39, 0.29) is 24.1 Å². The van der Waals surface area contributed by atoms with Crippen molar-refractivity contribution < 1.29 is 14.8 Å². The molecule has 0 unspecified atom stereocenters. The van der Waals surface area contributed by atoms with Crippen molar-refractivity contribution in [3.63, 3.8) is 0 Å². The minimum absolute atomic E-state index is 0.0935. The van der Waals surface area contributed by atoms with Gasteiger partial charge in [-0.25, -0.2) is 4.98 Å². The van der Waals surface area contributed by atoms with Crippen molar-refractivity contribution in [2.75, 3.05) is 18.1 Å². The minimum atomic E-state index is -0.313. The molecule has 15 heavy (non-hydrogen) atoms. The number of ether oxygens (including phenoxy) is 1. The molecule has 2 rings (SSSR count). The zero-order valence-electron chi connectivity index (χ0n) is 7.95. The highest BCUT2D eigenvalue weighted by Gasteiger charge is 2.31. The molecule has 78 valence electrons. The molecule has 0 aliphatic carbocycles. The second-order valence-corrected chi connectivity index (χ2v) is 3.37. The second kappa shape index (κ2) is 3.29. The maximum absolute atomic E-state index is 8.95.